The Morgan fingerprint density at radius 3 is 2.50 bits per heavy atom. The first-order valence-electron chi connectivity index (χ1n) is 6.92. The van der Waals surface area contributed by atoms with Crippen LogP contribution in [0.1, 0.15) is 39.0 Å². The molecule has 5 nitrogen and oxygen atoms in total. The molecule has 0 unspecified atom stereocenters. The Labute approximate surface area is 110 Å². The van der Waals surface area contributed by atoms with E-state index in [2.05, 4.69) is 12.2 Å². The molecule has 0 saturated carbocycles. The molecule has 0 aliphatic carbocycles. The molecule has 1 saturated heterocycles. The maximum absolute atomic E-state index is 11.7. The number of carbonyl (C=O) groups excluding carboxylic acids is 2. The molecule has 5 heteroatoms. The highest BCUT2D eigenvalue weighted by Gasteiger charge is 2.18. The third-order valence-corrected chi connectivity index (χ3v) is 3.29. The molecule has 0 aromatic rings. The molecule has 0 radical (unpaired) electrons. The number of hydrogen-bond donors (Lipinski definition) is 1. The van der Waals surface area contributed by atoms with Crippen molar-refractivity contribution in [3.05, 3.63) is 0 Å². The summed E-state index contributed by atoms with van der Waals surface area (Å²) in [5.41, 5.74) is 0. The topological polar surface area (TPSA) is 52.7 Å². The molecule has 3 amide bonds. The number of rotatable bonds is 6. The molecule has 0 atom stereocenters. The molecular formula is C13H25N3O2. The maximum atomic E-state index is 11.7. The molecule has 1 rings (SSSR count). The zero-order valence-electron chi connectivity index (χ0n) is 11.6. The Hall–Kier alpha value is -1.26. The van der Waals surface area contributed by atoms with E-state index in [0.29, 0.717) is 0 Å². The quantitative estimate of drug-likeness (QED) is 0.730. The first-order chi connectivity index (χ1) is 8.65. The molecular weight excluding hydrogens is 230 g/mol. The number of hydrogen-bond acceptors (Lipinski definition) is 2. The zero-order valence-corrected chi connectivity index (χ0v) is 11.6. The lowest BCUT2D eigenvalue weighted by Crippen LogP contribution is -2.43. The molecule has 104 valence electrons. The second kappa shape index (κ2) is 7.95. The fraction of sp³-hybridized carbons (Fsp3) is 0.846. The minimum atomic E-state index is -0.154. The van der Waals surface area contributed by atoms with Gasteiger partial charge in [0, 0.05) is 26.7 Å². The number of unbranched alkanes of at least 4 members (excludes halogenated alkanes) is 2. The minimum absolute atomic E-state index is 0.0304. The Balaban J connectivity index is 2.16. The summed E-state index contributed by atoms with van der Waals surface area (Å²) in [6, 6.07) is -0.154. The van der Waals surface area contributed by atoms with Crippen LogP contribution in [0, 0.1) is 0 Å². The fourth-order valence-corrected chi connectivity index (χ4v) is 2.07. The molecule has 1 aliphatic heterocycles. The average Bonchev–Trinajstić information content (AvgIpc) is 2.89. The molecule has 0 spiro atoms. The minimum Gasteiger partial charge on any atom is -0.341 e. The van der Waals surface area contributed by atoms with Gasteiger partial charge in [-0.1, -0.05) is 19.8 Å². The van der Waals surface area contributed by atoms with E-state index in [-0.39, 0.29) is 18.5 Å². The van der Waals surface area contributed by atoms with E-state index < -0.39 is 0 Å². The first-order valence-corrected chi connectivity index (χ1v) is 6.92. The molecule has 0 bridgehead atoms. The van der Waals surface area contributed by atoms with Crippen molar-refractivity contribution in [2.75, 3.05) is 33.2 Å². The van der Waals surface area contributed by atoms with Crippen LogP contribution < -0.4 is 5.32 Å². The van der Waals surface area contributed by atoms with Gasteiger partial charge >= 0.3 is 6.03 Å². The van der Waals surface area contributed by atoms with Crippen LogP contribution in [0.4, 0.5) is 4.79 Å². The van der Waals surface area contributed by atoms with Gasteiger partial charge in [0.05, 0.1) is 6.54 Å². The summed E-state index contributed by atoms with van der Waals surface area (Å²) in [7, 11) is 1.77. The van der Waals surface area contributed by atoms with Crippen molar-refractivity contribution < 1.29 is 9.59 Å². The number of nitrogens with one attached hydrogen (secondary N) is 1. The van der Waals surface area contributed by atoms with Crippen LogP contribution in [0.15, 0.2) is 0 Å². The van der Waals surface area contributed by atoms with Gasteiger partial charge in [0.1, 0.15) is 0 Å². The SMILES string of the molecule is CCCCCN(C)C(=O)NCC(=O)N1CCCC1. The van der Waals surface area contributed by atoms with Gasteiger partial charge in [0.25, 0.3) is 0 Å². The van der Waals surface area contributed by atoms with Gasteiger partial charge in [0.2, 0.25) is 5.91 Å². The summed E-state index contributed by atoms with van der Waals surface area (Å²) in [4.78, 5) is 26.9. The second-order valence-corrected chi connectivity index (χ2v) is 4.88. The number of nitrogens with zero attached hydrogens (tertiary/aromatic N) is 2. The van der Waals surface area contributed by atoms with Crippen LogP contribution in [0.25, 0.3) is 0 Å². The van der Waals surface area contributed by atoms with E-state index in [1.165, 1.54) is 0 Å². The molecule has 0 aromatic heterocycles. The van der Waals surface area contributed by atoms with Crippen molar-refractivity contribution in [1.29, 1.82) is 0 Å². The molecule has 0 aromatic carbocycles. The van der Waals surface area contributed by atoms with E-state index in [9.17, 15) is 9.59 Å². The number of likely N-dealkylation sites (tertiary alicyclic amines) is 1. The van der Waals surface area contributed by atoms with Gasteiger partial charge in [-0.15, -0.1) is 0 Å². The van der Waals surface area contributed by atoms with Crippen LogP contribution in [0.3, 0.4) is 0 Å². The highest BCUT2D eigenvalue weighted by molar-refractivity contribution is 5.84. The van der Waals surface area contributed by atoms with Crippen molar-refractivity contribution in [1.82, 2.24) is 15.1 Å². The summed E-state index contributed by atoms with van der Waals surface area (Å²) in [5, 5.41) is 2.68. The van der Waals surface area contributed by atoms with E-state index in [1.807, 2.05) is 4.90 Å². The standard InChI is InChI=1S/C13H25N3O2/c1-3-4-5-8-15(2)13(18)14-11-12(17)16-9-6-7-10-16/h3-11H2,1-2H3,(H,14,18). The van der Waals surface area contributed by atoms with Crippen molar-refractivity contribution in [3.63, 3.8) is 0 Å². The van der Waals surface area contributed by atoms with Crippen LogP contribution in [0.5, 0.6) is 0 Å². The molecule has 1 fully saturated rings. The maximum Gasteiger partial charge on any atom is 0.317 e. The molecule has 1 aliphatic rings. The summed E-state index contributed by atoms with van der Waals surface area (Å²) in [5.74, 6) is 0.0304. The van der Waals surface area contributed by atoms with Crippen LogP contribution >= 0.6 is 0 Å². The largest absolute Gasteiger partial charge is 0.341 e. The number of carbonyl (C=O) groups is 2. The monoisotopic (exact) mass is 255 g/mol. The molecule has 18 heavy (non-hydrogen) atoms. The first kappa shape index (κ1) is 14.8. The van der Waals surface area contributed by atoms with E-state index in [1.54, 1.807) is 11.9 Å². The average molecular weight is 255 g/mol. The fourth-order valence-electron chi connectivity index (χ4n) is 2.07. The van der Waals surface area contributed by atoms with Gasteiger partial charge in [0.15, 0.2) is 0 Å². The predicted octanol–water partition coefficient (Wildman–Crippen LogP) is 1.44. The van der Waals surface area contributed by atoms with Gasteiger partial charge < -0.3 is 15.1 Å². The van der Waals surface area contributed by atoms with Gasteiger partial charge in [-0.25, -0.2) is 4.79 Å². The lowest BCUT2D eigenvalue weighted by atomic mass is 10.2. The van der Waals surface area contributed by atoms with E-state index in [4.69, 9.17) is 0 Å². The van der Waals surface area contributed by atoms with Gasteiger partial charge in [-0.2, -0.15) is 0 Å². The third-order valence-electron chi connectivity index (χ3n) is 3.29. The summed E-state index contributed by atoms with van der Waals surface area (Å²) in [6.07, 6.45) is 5.45. The number of amides is 3. The van der Waals surface area contributed by atoms with Gasteiger partial charge in [-0.3, -0.25) is 4.79 Å². The normalized spacial score (nSPS) is 14.7. The highest BCUT2D eigenvalue weighted by atomic mass is 16.2. The Bertz CT molecular complexity index is 275. The van der Waals surface area contributed by atoms with Gasteiger partial charge in [-0.05, 0) is 19.3 Å². The summed E-state index contributed by atoms with van der Waals surface area (Å²) >= 11 is 0. The van der Waals surface area contributed by atoms with Crippen molar-refractivity contribution in [2.45, 2.75) is 39.0 Å². The van der Waals surface area contributed by atoms with E-state index >= 15 is 0 Å². The summed E-state index contributed by atoms with van der Waals surface area (Å²) < 4.78 is 0. The Morgan fingerprint density at radius 1 is 1.22 bits per heavy atom. The number of urea groups is 1. The van der Waals surface area contributed by atoms with Crippen molar-refractivity contribution >= 4 is 11.9 Å². The van der Waals surface area contributed by atoms with E-state index in [0.717, 1.165) is 51.7 Å². The third kappa shape index (κ3) is 4.94. The highest BCUT2D eigenvalue weighted by Crippen LogP contribution is 2.06. The van der Waals surface area contributed by atoms with Crippen LogP contribution in [-0.4, -0.2) is 55.0 Å². The molecule has 1 heterocycles. The lowest BCUT2D eigenvalue weighted by Gasteiger charge is -2.19. The zero-order chi connectivity index (χ0) is 13.4. The molecule has 1 N–H and O–H groups in total. The van der Waals surface area contributed by atoms with Crippen LogP contribution in [-0.2, 0) is 4.79 Å². The predicted molar refractivity (Wildman–Crippen MR) is 71.4 cm³/mol. The van der Waals surface area contributed by atoms with Crippen molar-refractivity contribution in [3.8, 4) is 0 Å². The Morgan fingerprint density at radius 2 is 1.89 bits per heavy atom. The smallest absolute Gasteiger partial charge is 0.317 e. The van der Waals surface area contributed by atoms with Crippen molar-refractivity contribution in [2.24, 2.45) is 0 Å². The van der Waals surface area contributed by atoms with Crippen LogP contribution in [0.2, 0.25) is 0 Å². The summed E-state index contributed by atoms with van der Waals surface area (Å²) in [6.45, 7) is 4.67. The lowest BCUT2D eigenvalue weighted by molar-refractivity contribution is -0.129. The second-order valence-electron chi connectivity index (χ2n) is 4.88. The Kier molecular flexibility index (Phi) is 6.54.